The van der Waals surface area contributed by atoms with Crippen LogP contribution in [0.15, 0.2) is 0 Å². The van der Waals surface area contributed by atoms with Crippen molar-refractivity contribution in [3.8, 4) is 0 Å². The van der Waals surface area contributed by atoms with Crippen LogP contribution in [0.1, 0.15) is 49.2 Å². The molecule has 0 spiro atoms. The number of amides is 1. The average Bonchev–Trinajstić information content (AvgIpc) is 3.12. The molecule has 0 aliphatic heterocycles. The van der Waals surface area contributed by atoms with Crippen molar-refractivity contribution < 1.29 is 4.79 Å². The van der Waals surface area contributed by atoms with E-state index in [1.807, 2.05) is 7.05 Å². The third kappa shape index (κ3) is 3.18. The molecule has 0 aromatic carbocycles. The molecule has 0 bridgehead atoms. The van der Waals surface area contributed by atoms with Gasteiger partial charge >= 0.3 is 0 Å². The van der Waals surface area contributed by atoms with Crippen molar-refractivity contribution in [3.63, 3.8) is 0 Å². The van der Waals surface area contributed by atoms with Gasteiger partial charge in [-0.2, -0.15) is 0 Å². The molecular formula is C13H22N4OS. The lowest BCUT2D eigenvalue weighted by molar-refractivity contribution is 0.0729. The standard InChI is InChI=1S/C13H22N4OS/c1-4-9(5-2)17(3)12(18)10-11(14)16-13(19-10)15-8-6-7-8/h8-9H,4-7,14H2,1-3H3,(H,15,16). The Kier molecular flexibility index (Phi) is 4.29. The molecule has 19 heavy (non-hydrogen) atoms. The summed E-state index contributed by atoms with van der Waals surface area (Å²) in [4.78, 5) is 19.0. The van der Waals surface area contributed by atoms with E-state index in [0.29, 0.717) is 16.7 Å². The third-order valence-electron chi connectivity index (χ3n) is 3.56. The highest BCUT2D eigenvalue weighted by atomic mass is 32.1. The molecule has 1 saturated carbocycles. The Bertz CT molecular complexity index is 451. The van der Waals surface area contributed by atoms with Gasteiger partial charge in [0, 0.05) is 19.1 Å². The number of rotatable bonds is 6. The molecule has 106 valence electrons. The fraction of sp³-hybridized carbons (Fsp3) is 0.692. The number of hydrogen-bond acceptors (Lipinski definition) is 5. The van der Waals surface area contributed by atoms with Crippen LogP contribution >= 0.6 is 11.3 Å². The second kappa shape index (κ2) is 5.77. The van der Waals surface area contributed by atoms with Gasteiger partial charge in [-0.1, -0.05) is 25.2 Å². The normalized spacial score (nSPS) is 14.7. The molecule has 1 aromatic rings. The van der Waals surface area contributed by atoms with Gasteiger partial charge < -0.3 is 16.0 Å². The number of carbonyl (C=O) groups is 1. The van der Waals surface area contributed by atoms with Crippen LogP contribution in [0, 0.1) is 0 Å². The van der Waals surface area contributed by atoms with Crippen molar-refractivity contribution >= 4 is 28.2 Å². The number of carbonyl (C=O) groups excluding carboxylic acids is 1. The molecule has 1 aliphatic rings. The van der Waals surface area contributed by atoms with Crippen molar-refractivity contribution in [2.75, 3.05) is 18.1 Å². The monoisotopic (exact) mass is 282 g/mol. The molecule has 1 fully saturated rings. The van der Waals surface area contributed by atoms with Crippen molar-refractivity contribution in [2.24, 2.45) is 0 Å². The van der Waals surface area contributed by atoms with E-state index in [1.165, 1.54) is 24.2 Å². The Balaban J connectivity index is 2.10. The number of nitrogens with zero attached hydrogens (tertiary/aromatic N) is 2. The summed E-state index contributed by atoms with van der Waals surface area (Å²) in [6, 6.07) is 0.777. The van der Waals surface area contributed by atoms with Gasteiger partial charge in [-0.25, -0.2) is 4.98 Å². The fourth-order valence-corrected chi connectivity index (χ4v) is 3.06. The molecule has 0 saturated heterocycles. The van der Waals surface area contributed by atoms with Gasteiger partial charge in [0.05, 0.1) is 0 Å². The van der Waals surface area contributed by atoms with E-state index in [-0.39, 0.29) is 11.9 Å². The van der Waals surface area contributed by atoms with Gasteiger partial charge in [-0.3, -0.25) is 4.79 Å². The van der Waals surface area contributed by atoms with Crippen molar-refractivity contribution in [2.45, 2.75) is 51.6 Å². The summed E-state index contributed by atoms with van der Waals surface area (Å²) < 4.78 is 0. The first-order valence-electron chi connectivity index (χ1n) is 6.86. The van der Waals surface area contributed by atoms with Crippen LogP contribution < -0.4 is 11.1 Å². The Morgan fingerprint density at radius 3 is 2.68 bits per heavy atom. The Morgan fingerprint density at radius 1 is 1.53 bits per heavy atom. The van der Waals surface area contributed by atoms with Crippen molar-refractivity contribution in [1.29, 1.82) is 0 Å². The Labute approximate surface area is 118 Å². The largest absolute Gasteiger partial charge is 0.382 e. The van der Waals surface area contributed by atoms with Crippen LogP contribution in [-0.4, -0.2) is 34.9 Å². The quantitative estimate of drug-likeness (QED) is 0.841. The number of anilines is 2. The van der Waals surface area contributed by atoms with Crippen LogP contribution in [0.5, 0.6) is 0 Å². The molecule has 3 N–H and O–H groups in total. The van der Waals surface area contributed by atoms with Gasteiger partial charge in [0.25, 0.3) is 5.91 Å². The van der Waals surface area contributed by atoms with Gasteiger partial charge in [-0.15, -0.1) is 0 Å². The minimum atomic E-state index is -0.0208. The lowest BCUT2D eigenvalue weighted by atomic mass is 10.1. The number of thiazole rings is 1. The van der Waals surface area contributed by atoms with E-state index in [4.69, 9.17) is 5.73 Å². The summed E-state index contributed by atoms with van der Waals surface area (Å²) in [5.74, 6) is 0.323. The van der Waals surface area contributed by atoms with E-state index < -0.39 is 0 Å². The van der Waals surface area contributed by atoms with Crippen LogP contribution in [0.3, 0.4) is 0 Å². The Morgan fingerprint density at radius 2 is 2.16 bits per heavy atom. The van der Waals surface area contributed by atoms with E-state index in [0.717, 1.165) is 18.0 Å². The number of aromatic nitrogens is 1. The maximum absolute atomic E-state index is 12.4. The van der Waals surface area contributed by atoms with Gasteiger partial charge in [0.1, 0.15) is 10.7 Å². The van der Waals surface area contributed by atoms with Crippen molar-refractivity contribution in [1.82, 2.24) is 9.88 Å². The third-order valence-corrected chi connectivity index (χ3v) is 4.55. The first-order chi connectivity index (χ1) is 9.06. The van der Waals surface area contributed by atoms with Gasteiger partial charge in [0.2, 0.25) is 0 Å². The van der Waals surface area contributed by atoms with Crippen LogP contribution in [0.4, 0.5) is 10.9 Å². The molecule has 6 heteroatoms. The predicted molar refractivity (Wildman–Crippen MR) is 79.6 cm³/mol. The maximum Gasteiger partial charge on any atom is 0.267 e. The number of nitrogen functional groups attached to an aromatic ring is 1. The van der Waals surface area contributed by atoms with E-state index in [2.05, 4.69) is 24.1 Å². The number of nitrogens with one attached hydrogen (secondary N) is 1. The fourth-order valence-electron chi connectivity index (χ4n) is 2.11. The summed E-state index contributed by atoms with van der Waals surface area (Å²) in [5.41, 5.74) is 5.87. The van der Waals surface area contributed by atoms with Crippen LogP contribution in [0.2, 0.25) is 0 Å². The van der Waals surface area contributed by atoms with E-state index in [1.54, 1.807) is 4.90 Å². The lowest BCUT2D eigenvalue weighted by Crippen LogP contribution is -2.36. The molecule has 2 rings (SSSR count). The van der Waals surface area contributed by atoms with Gasteiger partial charge in [0.15, 0.2) is 5.13 Å². The number of hydrogen-bond donors (Lipinski definition) is 2. The topological polar surface area (TPSA) is 71.2 Å². The molecule has 1 heterocycles. The maximum atomic E-state index is 12.4. The number of nitrogens with two attached hydrogens (primary N) is 1. The molecule has 0 atom stereocenters. The highest BCUT2D eigenvalue weighted by Crippen LogP contribution is 2.31. The molecule has 1 aliphatic carbocycles. The predicted octanol–water partition coefficient (Wildman–Crippen LogP) is 2.56. The molecular weight excluding hydrogens is 260 g/mol. The highest BCUT2D eigenvalue weighted by Gasteiger charge is 2.26. The zero-order valence-corrected chi connectivity index (χ0v) is 12.6. The summed E-state index contributed by atoms with van der Waals surface area (Å²) in [5, 5.41) is 4.05. The highest BCUT2D eigenvalue weighted by molar-refractivity contribution is 7.18. The van der Waals surface area contributed by atoms with Crippen molar-refractivity contribution in [3.05, 3.63) is 4.88 Å². The second-order valence-corrected chi connectivity index (χ2v) is 6.04. The van der Waals surface area contributed by atoms with Crippen LogP contribution in [0.25, 0.3) is 0 Å². The second-order valence-electron chi connectivity index (χ2n) is 5.04. The summed E-state index contributed by atoms with van der Waals surface area (Å²) in [6.07, 6.45) is 4.25. The first kappa shape index (κ1) is 14.1. The molecule has 1 aromatic heterocycles. The SMILES string of the molecule is CCC(CC)N(C)C(=O)c1sc(NC2CC2)nc1N. The smallest absolute Gasteiger partial charge is 0.267 e. The average molecular weight is 282 g/mol. The zero-order chi connectivity index (χ0) is 14.0. The molecule has 0 radical (unpaired) electrons. The summed E-state index contributed by atoms with van der Waals surface area (Å²) in [7, 11) is 1.84. The zero-order valence-electron chi connectivity index (χ0n) is 11.8. The van der Waals surface area contributed by atoms with Gasteiger partial charge in [-0.05, 0) is 25.7 Å². The van der Waals surface area contributed by atoms with E-state index in [9.17, 15) is 4.79 Å². The first-order valence-corrected chi connectivity index (χ1v) is 7.68. The minimum absolute atomic E-state index is 0.0208. The minimum Gasteiger partial charge on any atom is -0.382 e. The molecule has 0 unspecified atom stereocenters. The molecule has 1 amide bonds. The van der Waals surface area contributed by atoms with Crippen LogP contribution in [-0.2, 0) is 0 Å². The summed E-state index contributed by atoms with van der Waals surface area (Å²) >= 11 is 1.36. The lowest BCUT2D eigenvalue weighted by Gasteiger charge is -2.25. The Hall–Kier alpha value is -1.30. The van der Waals surface area contributed by atoms with E-state index >= 15 is 0 Å². The molecule has 5 nitrogen and oxygen atoms in total. The summed E-state index contributed by atoms with van der Waals surface area (Å²) in [6.45, 7) is 4.18.